The van der Waals surface area contributed by atoms with Crippen LogP contribution in [0, 0.1) is 0 Å². The second-order valence-electron chi connectivity index (χ2n) is 1.22. The van der Waals surface area contributed by atoms with E-state index in [1.54, 1.807) is 0 Å². The van der Waals surface area contributed by atoms with Crippen molar-refractivity contribution in [2.75, 3.05) is 0 Å². The van der Waals surface area contributed by atoms with Gasteiger partial charge in [-0.25, -0.2) is 0 Å². The van der Waals surface area contributed by atoms with Gasteiger partial charge in [0, 0.05) is 0 Å². The van der Waals surface area contributed by atoms with Crippen molar-refractivity contribution in [3.63, 3.8) is 0 Å². The Morgan fingerprint density at radius 2 is 1.75 bits per heavy atom. The molecule has 0 aliphatic heterocycles. The third kappa shape index (κ3) is 5.64. The predicted octanol–water partition coefficient (Wildman–Crippen LogP) is -1.47. The van der Waals surface area contributed by atoms with Gasteiger partial charge in [-0.3, -0.25) is 4.55 Å². The van der Waals surface area contributed by atoms with Gasteiger partial charge in [0.2, 0.25) is 0 Å². The molecule has 0 radical (unpaired) electrons. The SMILES string of the molecule is CC(N)S(=O)(=O)O.[KH]. The van der Waals surface area contributed by atoms with Crippen molar-refractivity contribution >= 4 is 61.5 Å². The van der Waals surface area contributed by atoms with Gasteiger partial charge in [-0.2, -0.15) is 8.42 Å². The Labute approximate surface area is 91.0 Å². The van der Waals surface area contributed by atoms with Gasteiger partial charge in [-0.05, 0) is 6.92 Å². The molecule has 0 heterocycles. The van der Waals surface area contributed by atoms with Crippen LogP contribution in [0.3, 0.4) is 0 Å². The van der Waals surface area contributed by atoms with Crippen molar-refractivity contribution in [1.82, 2.24) is 0 Å². The average molecular weight is 165 g/mol. The van der Waals surface area contributed by atoms with E-state index in [2.05, 4.69) is 0 Å². The molecule has 0 aliphatic rings. The van der Waals surface area contributed by atoms with Crippen molar-refractivity contribution in [2.24, 2.45) is 5.73 Å². The zero-order valence-electron chi connectivity index (χ0n) is 3.83. The Hall–Kier alpha value is 1.51. The molecule has 0 aromatic carbocycles. The van der Waals surface area contributed by atoms with Gasteiger partial charge in [0.15, 0.2) is 0 Å². The standard InChI is InChI=1S/C2H7NO3S.K.H/c1-2(3)7(4,5)6;;/h2H,3H2,1H3,(H,4,5,6);;. The van der Waals surface area contributed by atoms with Gasteiger partial charge in [-0.1, -0.05) is 0 Å². The number of rotatable bonds is 1. The van der Waals surface area contributed by atoms with Crippen LogP contribution < -0.4 is 5.73 Å². The zero-order chi connectivity index (χ0) is 6.08. The Morgan fingerprint density at radius 1 is 1.62 bits per heavy atom. The topological polar surface area (TPSA) is 80.4 Å². The average Bonchev–Trinajstić information content (AvgIpc) is 1.31. The van der Waals surface area contributed by atoms with Gasteiger partial charge in [0.1, 0.15) is 5.37 Å². The molecule has 6 heteroatoms. The first-order valence-corrected chi connectivity index (χ1v) is 3.17. The second kappa shape index (κ2) is 4.34. The number of nitrogens with two attached hydrogens (primary N) is 1. The van der Waals surface area contributed by atoms with Crippen LogP contribution in [0.15, 0.2) is 0 Å². The normalized spacial score (nSPS) is 14.4. The van der Waals surface area contributed by atoms with Gasteiger partial charge in [-0.15, -0.1) is 0 Å². The van der Waals surface area contributed by atoms with Crippen LogP contribution in [0.5, 0.6) is 0 Å². The molecule has 0 spiro atoms. The second-order valence-corrected chi connectivity index (χ2v) is 2.99. The Morgan fingerprint density at radius 3 is 1.75 bits per heavy atom. The Bertz CT molecular complexity index is 139. The van der Waals surface area contributed by atoms with Crippen LogP contribution in [-0.4, -0.2) is 69.7 Å². The fraction of sp³-hybridized carbons (Fsp3) is 1.00. The first kappa shape index (κ1) is 12.2. The van der Waals surface area contributed by atoms with Crippen molar-refractivity contribution in [3.8, 4) is 0 Å². The quantitative estimate of drug-likeness (QED) is 0.367. The molecule has 0 amide bonds. The number of hydrogen-bond donors (Lipinski definition) is 2. The monoisotopic (exact) mass is 165 g/mol. The van der Waals surface area contributed by atoms with Crippen molar-refractivity contribution in [1.29, 1.82) is 0 Å². The summed E-state index contributed by atoms with van der Waals surface area (Å²) < 4.78 is 27.5. The van der Waals surface area contributed by atoms with Crippen LogP contribution in [-0.2, 0) is 10.1 Å². The summed E-state index contributed by atoms with van der Waals surface area (Å²) in [7, 11) is -3.96. The predicted molar refractivity (Wildman–Crippen MR) is 32.3 cm³/mol. The maximum absolute atomic E-state index is 9.76. The third-order valence-corrected chi connectivity index (χ3v) is 1.41. The molecule has 0 aromatic heterocycles. The van der Waals surface area contributed by atoms with Crippen LogP contribution in [0.2, 0.25) is 0 Å². The van der Waals surface area contributed by atoms with E-state index in [1.807, 2.05) is 0 Å². The summed E-state index contributed by atoms with van der Waals surface area (Å²) >= 11 is 0. The summed E-state index contributed by atoms with van der Waals surface area (Å²) in [6, 6.07) is 0. The molecule has 0 saturated heterocycles. The molecule has 8 heavy (non-hydrogen) atoms. The molecule has 1 unspecified atom stereocenters. The van der Waals surface area contributed by atoms with Crippen molar-refractivity contribution in [3.05, 3.63) is 0 Å². The van der Waals surface area contributed by atoms with E-state index in [0.29, 0.717) is 0 Å². The molecule has 0 rings (SSSR count). The molecule has 0 aromatic rings. The van der Waals surface area contributed by atoms with Gasteiger partial charge in [0.25, 0.3) is 10.1 Å². The summed E-state index contributed by atoms with van der Waals surface area (Å²) in [5, 5.41) is -1.17. The van der Waals surface area contributed by atoms with Crippen LogP contribution in [0.1, 0.15) is 6.92 Å². The van der Waals surface area contributed by atoms with E-state index in [4.69, 9.17) is 10.3 Å². The van der Waals surface area contributed by atoms with E-state index >= 15 is 0 Å². The van der Waals surface area contributed by atoms with Crippen molar-refractivity contribution in [2.45, 2.75) is 12.3 Å². The Kier molecular flexibility index (Phi) is 6.63. The van der Waals surface area contributed by atoms with Gasteiger partial charge >= 0.3 is 51.4 Å². The molecule has 0 bridgehead atoms. The van der Waals surface area contributed by atoms with Crippen molar-refractivity contribution < 1.29 is 13.0 Å². The van der Waals surface area contributed by atoms with Gasteiger partial charge in [0.05, 0.1) is 0 Å². The molecule has 0 saturated carbocycles. The van der Waals surface area contributed by atoms with E-state index in [0.717, 1.165) is 0 Å². The van der Waals surface area contributed by atoms with Gasteiger partial charge < -0.3 is 5.73 Å². The van der Waals surface area contributed by atoms with E-state index in [-0.39, 0.29) is 51.4 Å². The fourth-order valence-electron chi connectivity index (χ4n) is 0. The molecule has 46 valence electrons. The molecular formula is C2H8KNO3S. The van der Waals surface area contributed by atoms with E-state index in [1.165, 1.54) is 6.92 Å². The third-order valence-electron chi connectivity index (χ3n) is 0.470. The van der Waals surface area contributed by atoms with E-state index < -0.39 is 15.5 Å². The minimum absolute atomic E-state index is 0. The summed E-state index contributed by atoms with van der Waals surface area (Å²) in [4.78, 5) is 0. The summed E-state index contributed by atoms with van der Waals surface area (Å²) in [5.74, 6) is 0. The first-order valence-electron chi connectivity index (χ1n) is 1.66. The maximum atomic E-state index is 9.76. The summed E-state index contributed by atoms with van der Waals surface area (Å²) in [6.45, 7) is 1.19. The van der Waals surface area contributed by atoms with E-state index in [9.17, 15) is 8.42 Å². The zero-order valence-corrected chi connectivity index (χ0v) is 4.64. The fourth-order valence-corrected chi connectivity index (χ4v) is 0. The summed E-state index contributed by atoms with van der Waals surface area (Å²) in [6.07, 6.45) is 0. The molecule has 0 aliphatic carbocycles. The first-order chi connectivity index (χ1) is 2.94. The number of hydrogen-bond acceptors (Lipinski definition) is 3. The molecule has 3 N–H and O–H groups in total. The molecule has 0 fully saturated rings. The molecule has 1 atom stereocenters. The Balaban J connectivity index is 0. The van der Waals surface area contributed by atoms with Crippen LogP contribution in [0.25, 0.3) is 0 Å². The molecule has 4 nitrogen and oxygen atoms in total. The molecular weight excluding hydrogens is 157 g/mol. The van der Waals surface area contributed by atoms with Crippen LogP contribution in [0.4, 0.5) is 0 Å². The minimum atomic E-state index is -3.96. The summed E-state index contributed by atoms with van der Waals surface area (Å²) in [5.41, 5.74) is 4.73. The van der Waals surface area contributed by atoms with Crippen LogP contribution >= 0.6 is 0 Å².